The number of hydrogen-bond donors (Lipinski definition) is 0. The van der Waals surface area contributed by atoms with Crippen LogP contribution in [0, 0.1) is 11.8 Å². The topological polar surface area (TPSA) is 48.7 Å². The number of hydrogen-bond acceptors (Lipinski definition) is 4. The van der Waals surface area contributed by atoms with Gasteiger partial charge in [0, 0.05) is 17.0 Å². The summed E-state index contributed by atoms with van der Waals surface area (Å²) in [7, 11) is 0. The Morgan fingerprint density at radius 3 is 2.48 bits per heavy atom. The molecule has 0 amide bonds. The monoisotopic (exact) mass is 434 g/mol. The van der Waals surface area contributed by atoms with Crippen LogP contribution in [-0.4, -0.2) is 25.4 Å². The van der Waals surface area contributed by atoms with E-state index >= 15 is 0 Å². The van der Waals surface area contributed by atoms with Crippen LogP contribution in [0.25, 0.3) is 22.3 Å². The summed E-state index contributed by atoms with van der Waals surface area (Å²) in [5, 5.41) is 0.825. The Morgan fingerprint density at radius 1 is 1.06 bits per heavy atom. The number of fused-ring (bicyclic) bond motifs is 1. The van der Waals surface area contributed by atoms with E-state index < -0.39 is 37.2 Å². The fourth-order valence-electron chi connectivity index (χ4n) is 3.09. The second kappa shape index (κ2) is 9.45. The van der Waals surface area contributed by atoms with Gasteiger partial charge in [-0.15, -0.1) is 0 Å². The third-order valence-electron chi connectivity index (χ3n) is 4.97. The lowest BCUT2D eigenvalue weighted by Gasteiger charge is -2.21. The zero-order valence-electron chi connectivity index (χ0n) is 17.7. The maximum absolute atomic E-state index is 13.3. The van der Waals surface area contributed by atoms with Crippen molar-refractivity contribution in [2.75, 3.05) is 13.2 Å². The summed E-state index contributed by atoms with van der Waals surface area (Å²) < 4.78 is 56.0. The van der Waals surface area contributed by atoms with Crippen LogP contribution in [0.4, 0.5) is 13.2 Å². The van der Waals surface area contributed by atoms with Crippen molar-refractivity contribution in [2.24, 2.45) is 11.8 Å². The summed E-state index contributed by atoms with van der Waals surface area (Å²) in [6.07, 6.45) is -3.70. The number of furan rings is 1. The van der Waals surface area contributed by atoms with Crippen LogP contribution in [0.5, 0.6) is 5.75 Å². The van der Waals surface area contributed by atoms with Crippen LogP contribution in [0.15, 0.2) is 52.9 Å². The molecule has 0 fully saturated rings. The quantitative estimate of drug-likeness (QED) is 0.384. The van der Waals surface area contributed by atoms with Crippen LogP contribution in [0.3, 0.4) is 0 Å². The second-order valence-corrected chi connectivity index (χ2v) is 7.66. The van der Waals surface area contributed by atoms with E-state index in [0.29, 0.717) is 11.3 Å². The van der Waals surface area contributed by atoms with Gasteiger partial charge in [0.05, 0.1) is 5.92 Å². The maximum Gasteiger partial charge on any atom is 0.398 e. The van der Waals surface area contributed by atoms with Gasteiger partial charge >= 0.3 is 12.1 Å². The number of benzene rings is 2. The molecule has 0 radical (unpaired) electrons. The van der Waals surface area contributed by atoms with Crippen molar-refractivity contribution in [3.8, 4) is 17.1 Å². The molecule has 1 heterocycles. The van der Waals surface area contributed by atoms with Crippen LogP contribution in [-0.2, 0) is 16.0 Å². The molecule has 1 unspecified atom stereocenters. The average Bonchev–Trinajstić information content (AvgIpc) is 3.15. The molecule has 0 saturated carbocycles. The molecule has 0 aliphatic rings. The number of ether oxygens (including phenoxy) is 2. The van der Waals surface area contributed by atoms with Crippen LogP contribution < -0.4 is 4.74 Å². The van der Waals surface area contributed by atoms with E-state index in [4.69, 9.17) is 13.9 Å². The SMILES string of the molecule is CCc1ccccc1-c1cc2ccc(OCC(COC(=O)C(C)C)C(F)(F)F)cc2o1. The minimum atomic E-state index is -4.55. The summed E-state index contributed by atoms with van der Waals surface area (Å²) in [5.74, 6) is -2.15. The third kappa shape index (κ3) is 5.60. The lowest BCUT2D eigenvalue weighted by Crippen LogP contribution is -2.34. The van der Waals surface area contributed by atoms with Gasteiger partial charge in [-0.2, -0.15) is 13.2 Å². The highest BCUT2D eigenvalue weighted by molar-refractivity contribution is 5.84. The number of alkyl halides is 3. The first kappa shape index (κ1) is 22.7. The molecule has 0 saturated heterocycles. The smallest absolute Gasteiger partial charge is 0.398 e. The average molecular weight is 434 g/mol. The molecule has 1 atom stereocenters. The number of carbonyl (C=O) groups is 1. The zero-order chi connectivity index (χ0) is 22.6. The molecular formula is C24H25F3O4. The van der Waals surface area contributed by atoms with E-state index in [-0.39, 0.29) is 5.75 Å². The maximum atomic E-state index is 13.3. The van der Waals surface area contributed by atoms with Gasteiger partial charge in [0.2, 0.25) is 0 Å². The molecule has 3 aromatic rings. The number of esters is 1. The molecule has 0 aliphatic carbocycles. The summed E-state index contributed by atoms with van der Waals surface area (Å²) in [5.41, 5.74) is 2.64. The number of rotatable bonds is 8. The Kier molecular flexibility index (Phi) is 6.93. The van der Waals surface area contributed by atoms with Crippen molar-refractivity contribution in [3.05, 3.63) is 54.1 Å². The van der Waals surface area contributed by atoms with E-state index in [1.807, 2.05) is 30.3 Å². The first-order valence-electron chi connectivity index (χ1n) is 10.2. The second-order valence-electron chi connectivity index (χ2n) is 7.66. The van der Waals surface area contributed by atoms with E-state index in [1.165, 1.54) is 0 Å². The predicted octanol–water partition coefficient (Wildman–Crippen LogP) is 6.42. The van der Waals surface area contributed by atoms with Crippen molar-refractivity contribution >= 4 is 16.9 Å². The Morgan fingerprint density at radius 2 is 1.81 bits per heavy atom. The van der Waals surface area contributed by atoms with Crippen molar-refractivity contribution in [1.29, 1.82) is 0 Å². The van der Waals surface area contributed by atoms with Crippen molar-refractivity contribution in [3.63, 3.8) is 0 Å². The zero-order valence-corrected chi connectivity index (χ0v) is 17.7. The molecule has 1 aromatic heterocycles. The number of aryl methyl sites for hydroxylation is 1. The van der Waals surface area contributed by atoms with Crippen molar-refractivity contribution < 1.29 is 31.9 Å². The minimum Gasteiger partial charge on any atom is -0.493 e. The third-order valence-corrected chi connectivity index (χ3v) is 4.97. The molecule has 31 heavy (non-hydrogen) atoms. The summed E-state index contributed by atoms with van der Waals surface area (Å²) in [4.78, 5) is 11.5. The summed E-state index contributed by atoms with van der Waals surface area (Å²) in [6.45, 7) is 3.75. The highest BCUT2D eigenvalue weighted by atomic mass is 19.4. The summed E-state index contributed by atoms with van der Waals surface area (Å²) >= 11 is 0. The van der Waals surface area contributed by atoms with Gasteiger partial charge in [0.1, 0.15) is 36.2 Å². The van der Waals surface area contributed by atoms with Gasteiger partial charge in [-0.05, 0) is 30.2 Å². The van der Waals surface area contributed by atoms with Gasteiger partial charge in [0.25, 0.3) is 0 Å². The molecule has 4 nitrogen and oxygen atoms in total. The van der Waals surface area contributed by atoms with Gasteiger partial charge < -0.3 is 13.9 Å². The first-order valence-corrected chi connectivity index (χ1v) is 10.2. The Bertz CT molecular complexity index is 1040. The van der Waals surface area contributed by atoms with Crippen LogP contribution in [0.2, 0.25) is 0 Å². The molecule has 7 heteroatoms. The molecule has 3 rings (SSSR count). The van der Waals surface area contributed by atoms with Gasteiger partial charge in [0.15, 0.2) is 0 Å². The highest BCUT2D eigenvalue weighted by Gasteiger charge is 2.41. The Balaban J connectivity index is 1.74. The normalized spacial score (nSPS) is 12.9. The fourth-order valence-corrected chi connectivity index (χ4v) is 3.09. The summed E-state index contributed by atoms with van der Waals surface area (Å²) in [6, 6.07) is 14.7. The van der Waals surface area contributed by atoms with Crippen molar-refractivity contribution in [2.45, 2.75) is 33.4 Å². The van der Waals surface area contributed by atoms with E-state index in [1.54, 1.807) is 32.0 Å². The van der Waals surface area contributed by atoms with Gasteiger partial charge in [-0.1, -0.05) is 45.0 Å². The molecule has 0 aliphatic heterocycles. The first-order chi connectivity index (χ1) is 14.7. The molecule has 0 spiro atoms. The van der Waals surface area contributed by atoms with Crippen molar-refractivity contribution in [1.82, 2.24) is 0 Å². The highest BCUT2D eigenvalue weighted by Crippen LogP contribution is 2.33. The molecule has 166 valence electrons. The molecular weight excluding hydrogens is 409 g/mol. The van der Waals surface area contributed by atoms with E-state index in [0.717, 1.165) is 22.9 Å². The lowest BCUT2D eigenvalue weighted by atomic mass is 10.0. The largest absolute Gasteiger partial charge is 0.493 e. The standard InChI is InChI=1S/C24H25F3O4/c1-4-16-7-5-6-8-20(16)22-11-17-9-10-19(12-21(17)31-22)29-13-18(24(25,26)27)14-30-23(28)15(2)3/h5-12,15,18H,4,13-14H2,1-3H3. The number of halogens is 3. The molecule has 2 aromatic carbocycles. The van der Waals surface area contributed by atoms with Crippen LogP contribution in [0.1, 0.15) is 26.3 Å². The lowest BCUT2D eigenvalue weighted by molar-refractivity contribution is -0.197. The molecule has 0 bridgehead atoms. The van der Waals surface area contributed by atoms with E-state index in [9.17, 15) is 18.0 Å². The minimum absolute atomic E-state index is 0.251. The van der Waals surface area contributed by atoms with Crippen LogP contribution >= 0.6 is 0 Å². The molecule has 0 N–H and O–H groups in total. The van der Waals surface area contributed by atoms with Gasteiger partial charge in [-0.3, -0.25) is 4.79 Å². The number of carbonyl (C=O) groups excluding carboxylic acids is 1. The van der Waals surface area contributed by atoms with E-state index in [2.05, 4.69) is 6.92 Å². The Labute approximate surface area is 178 Å². The van der Waals surface area contributed by atoms with Gasteiger partial charge in [-0.25, -0.2) is 0 Å². The fraction of sp³-hybridized carbons (Fsp3) is 0.375. The Hall–Kier alpha value is -2.96. The predicted molar refractivity (Wildman–Crippen MR) is 112 cm³/mol.